The van der Waals surface area contributed by atoms with E-state index >= 15 is 0 Å². The van der Waals surface area contributed by atoms with E-state index in [4.69, 9.17) is 16.1 Å². The smallest absolute Gasteiger partial charge is 0.227 e. The van der Waals surface area contributed by atoms with Gasteiger partial charge >= 0.3 is 0 Å². The van der Waals surface area contributed by atoms with Crippen LogP contribution in [0.25, 0.3) is 10.7 Å². The molecule has 0 amide bonds. The van der Waals surface area contributed by atoms with Crippen LogP contribution < -0.4 is 0 Å². The maximum atomic E-state index is 6.09. The lowest BCUT2D eigenvalue weighted by Gasteiger charge is -2.34. The third kappa shape index (κ3) is 4.47. The molecule has 26 heavy (non-hydrogen) atoms. The summed E-state index contributed by atoms with van der Waals surface area (Å²) in [6.45, 7) is 5.99. The maximum Gasteiger partial charge on any atom is 0.227 e. The first kappa shape index (κ1) is 18.0. The molecule has 0 spiro atoms. The van der Waals surface area contributed by atoms with Crippen LogP contribution in [0.15, 0.2) is 22.0 Å². The van der Waals surface area contributed by atoms with E-state index in [1.54, 1.807) is 11.3 Å². The Bertz CT molecular complexity index is 812. The quantitative estimate of drug-likeness (QED) is 0.592. The lowest BCUT2D eigenvalue weighted by molar-refractivity contribution is 0.124. The number of hydrogen-bond donors (Lipinski definition) is 0. The zero-order valence-electron chi connectivity index (χ0n) is 14.2. The summed E-state index contributed by atoms with van der Waals surface area (Å²) in [5.74, 6) is 1.41. The molecule has 0 radical (unpaired) electrons. The van der Waals surface area contributed by atoms with E-state index in [9.17, 15) is 0 Å². The summed E-state index contributed by atoms with van der Waals surface area (Å²) in [6, 6.07) is 4.00. The molecule has 1 aliphatic rings. The van der Waals surface area contributed by atoms with Crippen LogP contribution in [0.2, 0.25) is 4.34 Å². The Kier molecular flexibility index (Phi) is 5.91. The molecule has 0 N–H and O–H groups in total. The summed E-state index contributed by atoms with van der Waals surface area (Å²) in [4.78, 5) is 10.4. The van der Waals surface area contributed by atoms with Crippen LogP contribution in [0.5, 0.6) is 0 Å². The number of aryl methyl sites for hydroxylation is 1. The largest absolute Gasteiger partial charge is 0.339 e. The molecular weight excluding hydrogens is 392 g/mol. The van der Waals surface area contributed by atoms with Crippen molar-refractivity contribution in [1.29, 1.82) is 0 Å². The van der Waals surface area contributed by atoms with Crippen molar-refractivity contribution in [2.24, 2.45) is 0 Å². The van der Waals surface area contributed by atoms with Gasteiger partial charge < -0.3 is 9.42 Å². The third-order valence-electron chi connectivity index (χ3n) is 4.42. The Morgan fingerprint density at radius 1 is 1.19 bits per heavy atom. The molecule has 0 aliphatic carbocycles. The zero-order valence-corrected chi connectivity index (χ0v) is 16.6. The fraction of sp³-hybridized carbons (Fsp3) is 0.500. The Hall–Kier alpha value is -1.39. The van der Waals surface area contributed by atoms with Crippen LogP contribution in [0.4, 0.5) is 0 Å². The lowest BCUT2D eigenvalue weighted by Crippen LogP contribution is -2.46. The fourth-order valence-corrected chi connectivity index (χ4v) is 4.25. The molecule has 7 nitrogen and oxygen atoms in total. The molecule has 0 unspecified atom stereocenters. The van der Waals surface area contributed by atoms with E-state index in [0.717, 1.165) is 68.6 Å². The number of halogens is 1. The third-order valence-corrected chi connectivity index (χ3v) is 6.27. The molecular formula is C16H19ClN6OS2. The summed E-state index contributed by atoms with van der Waals surface area (Å²) in [6.07, 6.45) is 1.84. The van der Waals surface area contributed by atoms with E-state index in [1.807, 2.05) is 17.5 Å². The highest BCUT2D eigenvalue weighted by molar-refractivity contribution is 7.13. The van der Waals surface area contributed by atoms with Crippen molar-refractivity contribution in [2.45, 2.75) is 19.4 Å². The highest BCUT2D eigenvalue weighted by Crippen LogP contribution is 2.22. The first-order valence-electron chi connectivity index (χ1n) is 8.56. The number of aromatic nitrogens is 4. The molecule has 3 aromatic rings. The Morgan fingerprint density at radius 2 is 2.04 bits per heavy atom. The monoisotopic (exact) mass is 410 g/mol. The Morgan fingerprint density at radius 3 is 2.77 bits per heavy atom. The molecule has 0 bridgehead atoms. The summed E-state index contributed by atoms with van der Waals surface area (Å²) in [5, 5.41) is 10.2. The second kappa shape index (κ2) is 8.53. The van der Waals surface area contributed by atoms with Crippen molar-refractivity contribution in [1.82, 2.24) is 29.5 Å². The number of rotatable bonds is 7. The standard InChI is InChI=1S/C16H19ClN6OS2/c17-15-12(19-21-26-15)11-23-8-6-22(7-9-23)5-1-4-14-18-16(20-24-14)13-3-2-10-25-13/h2-3,10H,1,4-9,11H2. The van der Waals surface area contributed by atoms with Gasteiger partial charge in [0.25, 0.3) is 0 Å². The van der Waals surface area contributed by atoms with Gasteiger partial charge in [0.15, 0.2) is 0 Å². The summed E-state index contributed by atoms with van der Waals surface area (Å²) in [5.41, 5.74) is 0.892. The van der Waals surface area contributed by atoms with Gasteiger partial charge in [-0.05, 0) is 24.4 Å². The van der Waals surface area contributed by atoms with Gasteiger partial charge in [0.1, 0.15) is 10.0 Å². The van der Waals surface area contributed by atoms with Gasteiger partial charge in [0.05, 0.1) is 4.88 Å². The van der Waals surface area contributed by atoms with Gasteiger partial charge in [-0.3, -0.25) is 4.90 Å². The zero-order chi connectivity index (χ0) is 17.8. The Balaban J connectivity index is 1.18. The molecule has 1 aliphatic heterocycles. The van der Waals surface area contributed by atoms with Gasteiger partial charge in [-0.1, -0.05) is 27.3 Å². The average Bonchev–Trinajstić information content (AvgIpc) is 3.39. The highest BCUT2D eigenvalue weighted by Gasteiger charge is 2.19. The summed E-state index contributed by atoms with van der Waals surface area (Å²) >= 11 is 8.96. The number of thiophene rings is 1. The first-order valence-corrected chi connectivity index (χ1v) is 10.6. The van der Waals surface area contributed by atoms with Gasteiger partial charge in [0.2, 0.25) is 11.7 Å². The minimum absolute atomic E-state index is 0.693. The van der Waals surface area contributed by atoms with Crippen molar-refractivity contribution in [3.05, 3.63) is 33.4 Å². The molecule has 1 fully saturated rings. The molecule has 138 valence electrons. The van der Waals surface area contributed by atoms with E-state index in [0.29, 0.717) is 10.2 Å². The van der Waals surface area contributed by atoms with Gasteiger partial charge in [-0.15, -0.1) is 16.4 Å². The molecule has 4 rings (SSSR count). The molecule has 4 heterocycles. The van der Waals surface area contributed by atoms with Crippen LogP contribution in [0.3, 0.4) is 0 Å². The molecule has 0 atom stereocenters. The topological polar surface area (TPSA) is 71.2 Å². The maximum absolute atomic E-state index is 6.09. The van der Waals surface area contributed by atoms with Crippen molar-refractivity contribution >= 4 is 34.5 Å². The number of hydrogen-bond acceptors (Lipinski definition) is 9. The number of nitrogens with zero attached hydrogens (tertiary/aromatic N) is 6. The predicted molar refractivity (Wildman–Crippen MR) is 103 cm³/mol. The second-order valence-corrected chi connectivity index (χ2v) is 8.51. The van der Waals surface area contributed by atoms with E-state index in [2.05, 4.69) is 29.5 Å². The molecule has 3 aromatic heterocycles. The van der Waals surface area contributed by atoms with Crippen molar-refractivity contribution in [3.8, 4) is 10.7 Å². The van der Waals surface area contributed by atoms with Gasteiger partial charge in [-0.2, -0.15) is 4.98 Å². The van der Waals surface area contributed by atoms with Gasteiger partial charge in [-0.25, -0.2) is 0 Å². The average molecular weight is 411 g/mol. The van der Waals surface area contributed by atoms with Crippen molar-refractivity contribution in [3.63, 3.8) is 0 Å². The van der Waals surface area contributed by atoms with Gasteiger partial charge in [0, 0.05) is 50.7 Å². The molecule has 0 saturated carbocycles. The number of piperazine rings is 1. The van der Waals surface area contributed by atoms with Crippen LogP contribution in [0, 0.1) is 0 Å². The first-order chi connectivity index (χ1) is 12.8. The highest BCUT2D eigenvalue weighted by atomic mass is 35.5. The van der Waals surface area contributed by atoms with Crippen LogP contribution in [-0.4, -0.2) is 62.3 Å². The minimum Gasteiger partial charge on any atom is -0.339 e. The van der Waals surface area contributed by atoms with Crippen LogP contribution in [-0.2, 0) is 13.0 Å². The lowest BCUT2D eigenvalue weighted by atomic mass is 10.2. The van der Waals surface area contributed by atoms with E-state index in [-0.39, 0.29) is 0 Å². The van der Waals surface area contributed by atoms with Crippen molar-refractivity contribution in [2.75, 3.05) is 32.7 Å². The minimum atomic E-state index is 0.693. The predicted octanol–water partition coefficient (Wildman–Crippen LogP) is 3.05. The van der Waals surface area contributed by atoms with Crippen molar-refractivity contribution < 1.29 is 4.52 Å². The molecule has 0 aromatic carbocycles. The van der Waals surface area contributed by atoms with E-state index < -0.39 is 0 Å². The molecule has 10 heteroatoms. The SMILES string of the molecule is Clc1snnc1CN1CCN(CCCc2nc(-c3cccs3)no2)CC1. The van der Waals surface area contributed by atoms with Crippen LogP contribution >= 0.6 is 34.5 Å². The second-order valence-electron chi connectivity index (χ2n) is 6.20. The normalized spacial score (nSPS) is 16.3. The summed E-state index contributed by atoms with van der Waals surface area (Å²) < 4.78 is 9.95. The Labute approximate surface area is 164 Å². The summed E-state index contributed by atoms with van der Waals surface area (Å²) in [7, 11) is 0. The van der Waals surface area contributed by atoms with Crippen LogP contribution in [0.1, 0.15) is 18.0 Å². The molecule has 1 saturated heterocycles. The van der Waals surface area contributed by atoms with E-state index in [1.165, 1.54) is 11.5 Å². The fourth-order valence-electron chi connectivity index (χ4n) is 2.99.